The Hall–Kier alpha value is -1.83. The van der Waals surface area contributed by atoms with Gasteiger partial charge in [0.2, 0.25) is 5.91 Å². The molecule has 0 saturated carbocycles. The van der Waals surface area contributed by atoms with Gasteiger partial charge in [-0.15, -0.1) is 0 Å². The zero-order valence-corrected chi connectivity index (χ0v) is 19.4. The zero-order chi connectivity index (χ0) is 21.4. The summed E-state index contributed by atoms with van der Waals surface area (Å²) in [4.78, 5) is 11.8. The fraction of sp³-hybridized carbons (Fsp3) is 0.607. The van der Waals surface area contributed by atoms with Crippen molar-refractivity contribution in [3.05, 3.63) is 48.0 Å². The molecule has 0 heterocycles. The third kappa shape index (κ3) is 9.32. The summed E-state index contributed by atoms with van der Waals surface area (Å²) in [5, 5.41) is 5.70. The molecule has 2 rings (SSSR count). The molecule has 0 aromatic heterocycles. The van der Waals surface area contributed by atoms with Gasteiger partial charge in [-0.2, -0.15) is 0 Å². The highest BCUT2D eigenvalue weighted by molar-refractivity contribution is 5.86. The lowest BCUT2D eigenvalue weighted by atomic mass is 9.94. The van der Waals surface area contributed by atoms with Crippen molar-refractivity contribution < 1.29 is 4.79 Å². The molecule has 0 spiro atoms. The van der Waals surface area contributed by atoms with Crippen LogP contribution >= 0.6 is 0 Å². The van der Waals surface area contributed by atoms with E-state index in [9.17, 15) is 4.79 Å². The third-order valence-corrected chi connectivity index (χ3v) is 6.17. The molecule has 0 aliphatic rings. The topological polar surface area (TPSA) is 29.1 Å². The molecule has 166 valence electrons. The fourth-order valence-corrected chi connectivity index (χ4v) is 4.47. The highest BCUT2D eigenvalue weighted by atomic mass is 16.1. The lowest BCUT2D eigenvalue weighted by Crippen LogP contribution is -2.26. The predicted molar refractivity (Wildman–Crippen MR) is 131 cm³/mol. The number of carbonyl (C=O) groups excluding carboxylic acids is 1. The Morgan fingerprint density at radius 2 is 1.27 bits per heavy atom. The van der Waals surface area contributed by atoms with E-state index in [1.165, 1.54) is 99.8 Å². The lowest BCUT2D eigenvalue weighted by Gasteiger charge is -2.20. The van der Waals surface area contributed by atoms with Gasteiger partial charge in [0.1, 0.15) is 0 Å². The van der Waals surface area contributed by atoms with Gasteiger partial charge < -0.3 is 5.32 Å². The summed E-state index contributed by atoms with van der Waals surface area (Å²) in [5.74, 6) is 0.0580. The van der Waals surface area contributed by atoms with Crippen LogP contribution in [0.3, 0.4) is 0 Å². The van der Waals surface area contributed by atoms with Crippen LogP contribution in [-0.4, -0.2) is 5.91 Å². The lowest BCUT2D eigenvalue weighted by molar-refractivity contribution is -0.119. The molecule has 0 fully saturated rings. The molecule has 0 bridgehead atoms. The normalized spacial score (nSPS) is 12.2. The number of hydrogen-bond acceptors (Lipinski definition) is 1. The molecule has 1 amide bonds. The molecule has 1 unspecified atom stereocenters. The molecule has 2 nitrogen and oxygen atoms in total. The molecular formula is C28H43NO. The van der Waals surface area contributed by atoms with Gasteiger partial charge in [-0.05, 0) is 22.8 Å². The summed E-state index contributed by atoms with van der Waals surface area (Å²) in [7, 11) is 0. The van der Waals surface area contributed by atoms with Crippen LogP contribution in [0.1, 0.15) is 115 Å². The average molecular weight is 410 g/mol. The minimum atomic E-state index is 0.0580. The molecule has 0 aliphatic heterocycles. The van der Waals surface area contributed by atoms with Gasteiger partial charge in [-0.25, -0.2) is 0 Å². The van der Waals surface area contributed by atoms with Crippen molar-refractivity contribution in [2.75, 3.05) is 0 Å². The molecule has 2 aromatic carbocycles. The molecule has 2 heteroatoms. The van der Waals surface area contributed by atoms with Crippen LogP contribution < -0.4 is 5.32 Å². The molecule has 30 heavy (non-hydrogen) atoms. The van der Waals surface area contributed by atoms with Crippen molar-refractivity contribution >= 4 is 16.7 Å². The maximum atomic E-state index is 11.8. The van der Waals surface area contributed by atoms with Gasteiger partial charge in [0.05, 0.1) is 6.04 Å². The van der Waals surface area contributed by atoms with E-state index in [4.69, 9.17) is 0 Å². The molecule has 1 N–H and O–H groups in total. The second-order valence-electron chi connectivity index (χ2n) is 8.85. The largest absolute Gasteiger partial charge is 0.350 e. The van der Waals surface area contributed by atoms with Crippen LogP contribution in [0.5, 0.6) is 0 Å². The fourth-order valence-electron chi connectivity index (χ4n) is 4.47. The monoisotopic (exact) mass is 409 g/mol. The summed E-state index contributed by atoms with van der Waals surface area (Å²) in [6, 6.07) is 15.0. The van der Waals surface area contributed by atoms with Crippen LogP contribution in [0, 0.1) is 0 Å². The number of nitrogens with one attached hydrogen (secondary N) is 1. The molecular weight excluding hydrogens is 366 g/mol. The first kappa shape index (κ1) is 24.4. The SMILES string of the molecule is CCCCCCCCCCCCCCCC(NC(C)=O)c1cccc2ccccc12. The summed E-state index contributed by atoms with van der Waals surface area (Å²) in [6.07, 6.45) is 18.8. The van der Waals surface area contributed by atoms with Crippen molar-refractivity contribution in [2.45, 2.75) is 110 Å². The van der Waals surface area contributed by atoms with Crippen molar-refractivity contribution in [3.63, 3.8) is 0 Å². The Morgan fingerprint density at radius 3 is 1.87 bits per heavy atom. The predicted octanol–water partition coefficient (Wildman–Crippen LogP) is 8.50. The van der Waals surface area contributed by atoms with Crippen LogP contribution in [0.4, 0.5) is 0 Å². The number of fused-ring (bicyclic) bond motifs is 1. The van der Waals surface area contributed by atoms with E-state index in [1.54, 1.807) is 6.92 Å². The maximum absolute atomic E-state index is 11.8. The quantitative estimate of drug-likeness (QED) is 0.277. The number of rotatable bonds is 16. The Morgan fingerprint density at radius 1 is 0.733 bits per heavy atom. The first-order chi connectivity index (χ1) is 14.7. The van der Waals surface area contributed by atoms with E-state index < -0.39 is 0 Å². The van der Waals surface area contributed by atoms with Gasteiger partial charge in [-0.3, -0.25) is 4.79 Å². The summed E-state index contributed by atoms with van der Waals surface area (Å²) in [5.41, 5.74) is 1.25. The van der Waals surface area contributed by atoms with E-state index in [0.29, 0.717) is 0 Å². The van der Waals surface area contributed by atoms with Gasteiger partial charge >= 0.3 is 0 Å². The first-order valence-electron chi connectivity index (χ1n) is 12.5. The van der Waals surface area contributed by atoms with E-state index in [2.05, 4.69) is 54.7 Å². The highest BCUT2D eigenvalue weighted by Gasteiger charge is 2.15. The van der Waals surface area contributed by atoms with Gasteiger partial charge in [0.25, 0.3) is 0 Å². The third-order valence-electron chi connectivity index (χ3n) is 6.17. The number of benzene rings is 2. The summed E-state index contributed by atoms with van der Waals surface area (Å²) < 4.78 is 0. The van der Waals surface area contributed by atoms with Crippen LogP contribution in [0.15, 0.2) is 42.5 Å². The number of amides is 1. The van der Waals surface area contributed by atoms with Gasteiger partial charge in [-0.1, -0.05) is 133 Å². The van der Waals surface area contributed by atoms with Crippen molar-refractivity contribution in [1.29, 1.82) is 0 Å². The standard InChI is InChI=1S/C28H43NO/c1-3-4-5-6-7-8-9-10-11-12-13-14-15-23-28(29-24(2)30)27-22-18-20-25-19-16-17-21-26(25)27/h16-22,28H,3-15,23H2,1-2H3,(H,29,30). The smallest absolute Gasteiger partial charge is 0.217 e. The molecule has 0 aliphatic carbocycles. The number of hydrogen-bond donors (Lipinski definition) is 1. The van der Waals surface area contributed by atoms with Crippen molar-refractivity contribution in [1.82, 2.24) is 5.32 Å². The van der Waals surface area contributed by atoms with E-state index in [1.807, 2.05) is 0 Å². The summed E-state index contributed by atoms with van der Waals surface area (Å²) >= 11 is 0. The average Bonchev–Trinajstić information content (AvgIpc) is 2.75. The Bertz CT molecular complexity index is 718. The molecule has 2 aromatic rings. The number of unbranched alkanes of at least 4 members (excludes halogenated alkanes) is 12. The van der Waals surface area contributed by atoms with Crippen LogP contribution in [-0.2, 0) is 4.79 Å². The summed E-state index contributed by atoms with van der Waals surface area (Å²) in [6.45, 7) is 3.91. The van der Waals surface area contributed by atoms with Crippen LogP contribution in [0.2, 0.25) is 0 Å². The van der Waals surface area contributed by atoms with Crippen LogP contribution in [0.25, 0.3) is 10.8 Å². The van der Waals surface area contributed by atoms with E-state index >= 15 is 0 Å². The Balaban J connectivity index is 1.64. The minimum Gasteiger partial charge on any atom is -0.350 e. The second-order valence-corrected chi connectivity index (χ2v) is 8.85. The Kier molecular flexibility index (Phi) is 12.3. The zero-order valence-electron chi connectivity index (χ0n) is 19.4. The van der Waals surface area contributed by atoms with E-state index in [0.717, 1.165) is 6.42 Å². The first-order valence-corrected chi connectivity index (χ1v) is 12.5. The highest BCUT2D eigenvalue weighted by Crippen LogP contribution is 2.28. The Labute approximate surface area is 184 Å². The number of carbonyl (C=O) groups is 1. The molecule has 1 atom stereocenters. The molecule has 0 saturated heterocycles. The second kappa shape index (κ2) is 15.0. The molecule has 0 radical (unpaired) electrons. The van der Waals surface area contributed by atoms with E-state index in [-0.39, 0.29) is 11.9 Å². The van der Waals surface area contributed by atoms with Crippen molar-refractivity contribution in [3.8, 4) is 0 Å². The van der Waals surface area contributed by atoms with Crippen molar-refractivity contribution in [2.24, 2.45) is 0 Å². The van der Waals surface area contributed by atoms with Gasteiger partial charge in [0, 0.05) is 6.92 Å². The maximum Gasteiger partial charge on any atom is 0.217 e. The minimum absolute atomic E-state index is 0.0580. The van der Waals surface area contributed by atoms with Gasteiger partial charge in [0.15, 0.2) is 0 Å².